The molecule has 0 atom stereocenters. The highest BCUT2D eigenvalue weighted by Crippen LogP contribution is 2.31. The van der Waals surface area contributed by atoms with Gasteiger partial charge in [-0.3, -0.25) is 19.5 Å². The summed E-state index contributed by atoms with van der Waals surface area (Å²) < 4.78 is 1.13. The third-order valence-electron chi connectivity index (χ3n) is 5.37. The van der Waals surface area contributed by atoms with Crippen LogP contribution in [0.15, 0.2) is 88.5 Å². The molecule has 4 rings (SSSR count). The Morgan fingerprint density at radius 3 is 2.23 bits per heavy atom. The van der Waals surface area contributed by atoms with Gasteiger partial charge in [-0.05, 0) is 29.8 Å². The molecule has 4 N–H and O–H groups in total. The molecular weight excluding hydrogens is 446 g/mol. The average Bonchev–Trinajstić information content (AvgIpc) is 2.87. The topological polar surface area (TPSA) is 119 Å². The summed E-state index contributed by atoms with van der Waals surface area (Å²) >= 11 is 0. The number of aromatic nitrogens is 2. The Balaban J connectivity index is 1.83. The molecule has 0 bridgehead atoms. The van der Waals surface area contributed by atoms with E-state index in [0.29, 0.717) is 12.2 Å². The molecule has 0 radical (unpaired) electrons. The maximum atomic E-state index is 13.5. The molecule has 0 aliphatic rings. The molecule has 9 heteroatoms. The van der Waals surface area contributed by atoms with E-state index >= 15 is 0 Å². The molecule has 0 saturated heterocycles. The van der Waals surface area contributed by atoms with Gasteiger partial charge in [-0.2, -0.15) is 0 Å². The van der Waals surface area contributed by atoms with Crippen LogP contribution in [-0.2, 0) is 6.54 Å². The Hall–Kier alpha value is -4.79. The largest absolute Gasteiger partial charge is 0.505 e. The number of amides is 1. The van der Waals surface area contributed by atoms with Crippen LogP contribution in [-0.4, -0.2) is 39.8 Å². The predicted molar refractivity (Wildman–Crippen MR) is 136 cm³/mol. The van der Waals surface area contributed by atoms with E-state index in [0.717, 1.165) is 10.2 Å². The lowest BCUT2D eigenvalue weighted by Crippen LogP contribution is -2.32. The van der Waals surface area contributed by atoms with Gasteiger partial charge >= 0.3 is 0 Å². The number of nitrogens with zero attached hydrogens (tertiary/aromatic N) is 2. The van der Waals surface area contributed by atoms with Crippen molar-refractivity contribution >= 4 is 23.0 Å². The maximum Gasteiger partial charge on any atom is 0.295 e. The van der Waals surface area contributed by atoms with Crippen LogP contribution in [0.1, 0.15) is 15.9 Å². The predicted octanol–water partition coefficient (Wildman–Crippen LogP) is 3.29. The van der Waals surface area contributed by atoms with Gasteiger partial charge in [-0.1, -0.05) is 54.6 Å². The van der Waals surface area contributed by atoms with Crippen molar-refractivity contribution in [3.8, 4) is 11.4 Å². The number of carbonyl (C=O) groups excluding carboxylic acids is 1. The van der Waals surface area contributed by atoms with E-state index in [1.807, 2.05) is 30.3 Å². The summed E-state index contributed by atoms with van der Waals surface area (Å²) in [5.41, 5.74) is 0.407. The number of benzene rings is 3. The molecule has 35 heavy (non-hydrogen) atoms. The zero-order chi connectivity index (χ0) is 24.9. The first-order valence-electron chi connectivity index (χ1n) is 10.9. The van der Waals surface area contributed by atoms with Crippen LogP contribution in [0.25, 0.3) is 5.69 Å². The number of nitrogens with one attached hydrogen (secondary N) is 3. The maximum absolute atomic E-state index is 13.5. The summed E-state index contributed by atoms with van der Waals surface area (Å²) in [5.74, 6) is -0.729. The minimum atomic E-state index is -0.546. The molecule has 0 spiro atoms. The Bertz CT molecular complexity index is 1460. The van der Waals surface area contributed by atoms with E-state index in [1.54, 1.807) is 50.5 Å². The number of aromatic hydroxyl groups is 1. The lowest BCUT2D eigenvalue weighted by Gasteiger charge is -2.17. The SMILES string of the molecule is CN(C)C(=O)c1cccc(Nc2c(NCc3ccccc3)c(=O)[nH]n(-c3ccccc3)c2=O)c1O. The summed E-state index contributed by atoms with van der Waals surface area (Å²) in [5, 5.41) is 19.3. The molecule has 0 aliphatic carbocycles. The molecule has 0 aliphatic heterocycles. The third-order valence-corrected chi connectivity index (χ3v) is 5.37. The number of phenols is 1. The van der Waals surface area contributed by atoms with Gasteiger partial charge in [0.25, 0.3) is 17.0 Å². The summed E-state index contributed by atoms with van der Waals surface area (Å²) in [7, 11) is 3.14. The molecule has 3 aromatic carbocycles. The zero-order valence-electron chi connectivity index (χ0n) is 19.3. The minimum Gasteiger partial charge on any atom is -0.505 e. The highest BCUT2D eigenvalue weighted by Gasteiger charge is 2.20. The van der Waals surface area contributed by atoms with Gasteiger partial charge in [0.05, 0.1) is 16.9 Å². The van der Waals surface area contributed by atoms with Gasteiger partial charge in [-0.15, -0.1) is 0 Å². The number of H-pyrrole nitrogens is 1. The Kier molecular flexibility index (Phi) is 6.68. The first-order valence-corrected chi connectivity index (χ1v) is 10.9. The van der Waals surface area contributed by atoms with Crippen LogP contribution < -0.4 is 21.8 Å². The van der Waals surface area contributed by atoms with Gasteiger partial charge in [-0.25, -0.2) is 4.68 Å². The van der Waals surface area contributed by atoms with Crippen molar-refractivity contribution in [2.24, 2.45) is 0 Å². The second kappa shape index (κ2) is 10.0. The van der Waals surface area contributed by atoms with Crippen LogP contribution in [0, 0.1) is 0 Å². The van der Waals surface area contributed by atoms with Gasteiger partial charge in [0.15, 0.2) is 5.75 Å². The molecule has 0 unspecified atom stereocenters. The van der Waals surface area contributed by atoms with Crippen molar-refractivity contribution in [2.45, 2.75) is 6.54 Å². The lowest BCUT2D eigenvalue weighted by atomic mass is 10.1. The number of para-hydroxylation sites is 2. The van der Waals surface area contributed by atoms with Gasteiger partial charge in [0.2, 0.25) is 0 Å². The highest BCUT2D eigenvalue weighted by atomic mass is 16.3. The number of aromatic amines is 1. The summed E-state index contributed by atoms with van der Waals surface area (Å²) in [6, 6.07) is 22.7. The van der Waals surface area contributed by atoms with E-state index in [9.17, 15) is 19.5 Å². The first-order chi connectivity index (χ1) is 16.9. The van der Waals surface area contributed by atoms with E-state index in [4.69, 9.17) is 0 Å². The van der Waals surface area contributed by atoms with Gasteiger partial charge < -0.3 is 20.6 Å². The number of hydrogen-bond donors (Lipinski definition) is 4. The van der Waals surface area contributed by atoms with E-state index in [1.165, 1.54) is 17.0 Å². The van der Waals surface area contributed by atoms with Crippen LogP contribution in [0.4, 0.5) is 17.1 Å². The molecule has 9 nitrogen and oxygen atoms in total. The number of phenolic OH excluding ortho intramolecular Hbond substituents is 1. The normalized spacial score (nSPS) is 10.6. The fourth-order valence-electron chi connectivity index (χ4n) is 3.56. The Morgan fingerprint density at radius 1 is 0.914 bits per heavy atom. The lowest BCUT2D eigenvalue weighted by molar-refractivity contribution is 0.0824. The van der Waals surface area contributed by atoms with Crippen LogP contribution in [0.2, 0.25) is 0 Å². The van der Waals surface area contributed by atoms with E-state index < -0.39 is 17.0 Å². The van der Waals surface area contributed by atoms with Gasteiger partial charge in [0.1, 0.15) is 11.4 Å². The fraction of sp³-hybridized carbons (Fsp3) is 0.115. The van der Waals surface area contributed by atoms with Crippen LogP contribution in [0.3, 0.4) is 0 Å². The molecule has 1 heterocycles. The average molecular weight is 472 g/mol. The molecule has 0 fully saturated rings. The summed E-state index contributed by atoms with van der Waals surface area (Å²) in [4.78, 5) is 40.4. The Labute approximate surface area is 201 Å². The monoisotopic (exact) mass is 471 g/mol. The van der Waals surface area contributed by atoms with Crippen molar-refractivity contribution in [2.75, 3.05) is 24.7 Å². The first kappa shape index (κ1) is 23.4. The van der Waals surface area contributed by atoms with E-state index in [-0.39, 0.29) is 28.4 Å². The number of carbonyl (C=O) groups is 1. The Morgan fingerprint density at radius 2 is 1.57 bits per heavy atom. The summed E-state index contributed by atoms with van der Waals surface area (Å²) in [6.45, 7) is 0.290. The molecular formula is C26H25N5O4. The van der Waals surface area contributed by atoms with Crippen LogP contribution in [0.5, 0.6) is 5.75 Å². The number of hydrogen-bond acceptors (Lipinski definition) is 6. The van der Waals surface area contributed by atoms with Crippen molar-refractivity contribution in [3.05, 3.63) is 111 Å². The van der Waals surface area contributed by atoms with Gasteiger partial charge in [0, 0.05) is 20.6 Å². The van der Waals surface area contributed by atoms with Crippen LogP contribution >= 0.6 is 0 Å². The smallest absolute Gasteiger partial charge is 0.295 e. The standard InChI is InChI=1S/C26H25N5O4/c1-30(2)25(34)19-14-9-15-20(23(19)32)28-22-21(27-16-17-10-5-3-6-11-17)24(33)29-31(26(22)35)18-12-7-4-8-13-18/h3-15,27-28,32H,16H2,1-2H3,(H,29,33). The molecule has 1 amide bonds. The third kappa shape index (κ3) is 4.93. The minimum absolute atomic E-state index is 0.00905. The second-order valence-corrected chi connectivity index (χ2v) is 8.03. The second-order valence-electron chi connectivity index (χ2n) is 8.03. The molecule has 1 aromatic heterocycles. The highest BCUT2D eigenvalue weighted by molar-refractivity contribution is 5.98. The fourth-order valence-corrected chi connectivity index (χ4v) is 3.56. The molecule has 4 aromatic rings. The quantitative estimate of drug-likeness (QED) is 0.307. The van der Waals surface area contributed by atoms with Crippen molar-refractivity contribution in [3.63, 3.8) is 0 Å². The molecule has 178 valence electrons. The van der Waals surface area contributed by atoms with Crippen molar-refractivity contribution < 1.29 is 9.90 Å². The molecule has 0 saturated carbocycles. The zero-order valence-corrected chi connectivity index (χ0v) is 19.3. The summed E-state index contributed by atoms with van der Waals surface area (Å²) in [6.07, 6.45) is 0. The van der Waals surface area contributed by atoms with Crippen molar-refractivity contribution in [1.82, 2.24) is 14.7 Å². The number of rotatable bonds is 7. The number of anilines is 3. The van der Waals surface area contributed by atoms with Crippen molar-refractivity contribution in [1.29, 1.82) is 0 Å². The van der Waals surface area contributed by atoms with E-state index in [2.05, 4.69) is 15.7 Å².